The molecule has 0 unspecified atom stereocenters. The maximum absolute atomic E-state index is 12.4. The maximum atomic E-state index is 12.4. The van der Waals surface area contributed by atoms with Crippen LogP contribution in [-0.4, -0.2) is 12.1 Å². The molecule has 0 aliphatic rings. The molecule has 4 N–H and O–H groups in total. The Morgan fingerprint density at radius 3 is 1.33 bits per heavy atom. The van der Waals surface area contributed by atoms with Crippen LogP contribution in [0.25, 0.3) is 11.1 Å². The summed E-state index contributed by atoms with van der Waals surface area (Å²) in [6.07, 6.45) is 0. The number of carbonyl (C=O) groups excluding carboxylic acids is 2. The van der Waals surface area contributed by atoms with Gasteiger partial charge in [-0.25, -0.2) is 9.59 Å². The summed E-state index contributed by atoms with van der Waals surface area (Å²) in [4.78, 5) is 24.8. The number of anilines is 4. The molecule has 4 amide bonds. The fraction of sp³-hybridized carbons (Fsp3) is 0.0714. The second-order valence-electron chi connectivity index (χ2n) is 8.24. The topological polar surface area (TPSA) is 82.3 Å². The number of hydrogen-bond acceptors (Lipinski definition) is 2. The van der Waals surface area contributed by atoms with Gasteiger partial charge in [0, 0.05) is 32.8 Å². The van der Waals surface area contributed by atoms with Crippen molar-refractivity contribution in [3.63, 3.8) is 0 Å². The molecule has 0 radical (unpaired) electrons. The first kappa shape index (κ1) is 25.1. The molecule has 0 atom stereocenters. The predicted octanol–water partition coefficient (Wildman–Crippen LogP) is 8.57. The lowest BCUT2D eigenvalue weighted by Crippen LogP contribution is -2.20. The van der Waals surface area contributed by atoms with Crippen LogP contribution < -0.4 is 21.3 Å². The Morgan fingerprint density at radius 2 is 0.972 bits per heavy atom. The van der Waals surface area contributed by atoms with Gasteiger partial charge in [-0.15, -0.1) is 0 Å². The van der Waals surface area contributed by atoms with Gasteiger partial charge in [0.2, 0.25) is 0 Å². The third-order valence-corrected chi connectivity index (χ3v) is 5.92. The summed E-state index contributed by atoms with van der Waals surface area (Å²) in [7, 11) is 0. The highest BCUT2D eigenvalue weighted by Gasteiger charge is 2.10. The van der Waals surface area contributed by atoms with Crippen LogP contribution in [0.15, 0.2) is 84.9 Å². The quantitative estimate of drug-likeness (QED) is 0.213. The number of urea groups is 2. The molecule has 4 rings (SSSR count). The molecule has 0 spiro atoms. The van der Waals surface area contributed by atoms with Crippen LogP contribution in [0.4, 0.5) is 32.3 Å². The molecule has 0 bridgehead atoms. The summed E-state index contributed by atoms with van der Waals surface area (Å²) in [5.74, 6) is 0. The van der Waals surface area contributed by atoms with Crippen LogP contribution in [0.5, 0.6) is 0 Å². The van der Waals surface area contributed by atoms with Gasteiger partial charge in [0.25, 0.3) is 0 Å². The zero-order valence-electron chi connectivity index (χ0n) is 19.7. The molecule has 0 heterocycles. The van der Waals surface area contributed by atoms with E-state index < -0.39 is 0 Å². The Labute approximate surface area is 219 Å². The lowest BCUT2D eigenvalue weighted by atomic mass is 10.00. The van der Waals surface area contributed by atoms with Crippen LogP contribution >= 0.6 is 23.2 Å². The number of benzene rings is 4. The van der Waals surface area contributed by atoms with Gasteiger partial charge >= 0.3 is 12.1 Å². The lowest BCUT2D eigenvalue weighted by molar-refractivity contribution is 0.261. The van der Waals surface area contributed by atoms with Crippen molar-refractivity contribution in [3.8, 4) is 11.1 Å². The van der Waals surface area contributed by atoms with Gasteiger partial charge in [-0.1, -0.05) is 47.5 Å². The molecule has 0 aliphatic heterocycles. The zero-order valence-corrected chi connectivity index (χ0v) is 21.2. The summed E-state index contributed by atoms with van der Waals surface area (Å²) < 4.78 is 0. The molecule has 0 fully saturated rings. The van der Waals surface area contributed by atoms with Gasteiger partial charge in [-0.2, -0.15) is 0 Å². The first-order valence-corrected chi connectivity index (χ1v) is 11.9. The third-order valence-electron chi connectivity index (χ3n) is 5.45. The van der Waals surface area contributed by atoms with Gasteiger partial charge in [-0.3, -0.25) is 0 Å². The molecular weight excluding hydrogens is 495 g/mol. The van der Waals surface area contributed by atoms with Crippen LogP contribution in [0.3, 0.4) is 0 Å². The monoisotopic (exact) mass is 518 g/mol. The molecule has 4 aromatic rings. The Bertz CT molecular complexity index is 1330. The van der Waals surface area contributed by atoms with Crippen molar-refractivity contribution in [1.82, 2.24) is 0 Å². The fourth-order valence-corrected chi connectivity index (χ4v) is 4.05. The summed E-state index contributed by atoms with van der Waals surface area (Å²) in [5, 5.41) is 12.4. The van der Waals surface area contributed by atoms with E-state index in [-0.39, 0.29) is 12.1 Å². The summed E-state index contributed by atoms with van der Waals surface area (Å²) in [6, 6.07) is 24.8. The molecule has 0 aliphatic carbocycles. The zero-order chi connectivity index (χ0) is 25.7. The van der Waals surface area contributed by atoms with E-state index in [0.29, 0.717) is 32.8 Å². The molecule has 4 aromatic carbocycles. The largest absolute Gasteiger partial charge is 0.323 e. The van der Waals surface area contributed by atoms with Crippen LogP contribution in [0.1, 0.15) is 11.1 Å². The van der Waals surface area contributed by atoms with Gasteiger partial charge in [0.1, 0.15) is 0 Å². The van der Waals surface area contributed by atoms with E-state index in [1.807, 2.05) is 50.2 Å². The lowest BCUT2D eigenvalue weighted by Gasteiger charge is -2.14. The average molecular weight is 519 g/mol. The summed E-state index contributed by atoms with van der Waals surface area (Å²) in [5.41, 5.74) is 6.43. The average Bonchev–Trinajstić information content (AvgIpc) is 2.81. The van der Waals surface area contributed by atoms with Gasteiger partial charge in [0.15, 0.2) is 0 Å². The summed E-state index contributed by atoms with van der Waals surface area (Å²) >= 11 is 11.9. The Hall–Kier alpha value is -4.00. The molecule has 6 nitrogen and oxygen atoms in total. The normalized spacial score (nSPS) is 10.4. The number of amides is 4. The van der Waals surface area contributed by atoms with E-state index in [1.54, 1.807) is 48.5 Å². The van der Waals surface area contributed by atoms with Crippen molar-refractivity contribution in [1.29, 1.82) is 0 Å². The minimum Gasteiger partial charge on any atom is -0.308 e. The minimum atomic E-state index is -0.351. The highest BCUT2D eigenvalue weighted by molar-refractivity contribution is 6.31. The third kappa shape index (κ3) is 6.56. The van der Waals surface area contributed by atoms with Crippen molar-refractivity contribution < 1.29 is 9.59 Å². The van der Waals surface area contributed by atoms with Gasteiger partial charge in [-0.05, 0) is 96.8 Å². The number of hydrogen-bond donors (Lipinski definition) is 4. The highest BCUT2D eigenvalue weighted by Crippen LogP contribution is 2.28. The number of rotatable bonds is 5. The van der Waals surface area contributed by atoms with Gasteiger partial charge in [0.05, 0.1) is 0 Å². The van der Waals surface area contributed by atoms with E-state index in [1.165, 1.54) is 0 Å². The fourth-order valence-electron chi connectivity index (χ4n) is 3.67. The molecule has 0 saturated heterocycles. The first-order chi connectivity index (χ1) is 17.3. The molecule has 0 saturated carbocycles. The van der Waals surface area contributed by atoms with Crippen molar-refractivity contribution in [2.45, 2.75) is 13.8 Å². The van der Waals surface area contributed by atoms with Crippen molar-refractivity contribution in [3.05, 3.63) is 106 Å². The molecule has 182 valence electrons. The minimum absolute atomic E-state index is 0.351. The molecule has 8 heteroatoms. The first-order valence-electron chi connectivity index (χ1n) is 11.2. The van der Waals surface area contributed by atoms with E-state index >= 15 is 0 Å². The Balaban J connectivity index is 1.41. The Morgan fingerprint density at radius 1 is 0.556 bits per heavy atom. The van der Waals surface area contributed by atoms with Gasteiger partial charge < -0.3 is 21.3 Å². The van der Waals surface area contributed by atoms with E-state index in [2.05, 4.69) is 21.3 Å². The number of nitrogens with one attached hydrogen (secondary N) is 4. The smallest absolute Gasteiger partial charge is 0.308 e. The highest BCUT2D eigenvalue weighted by atomic mass is 35.5. The molecule has 36 heavy (non-hydrogen) atoms. The second kappa shape index (κ2) is 11.2. The van der Waals surface area contributed by atoms with Crippen molar-refractivity contribution in [2.75, 3.05) is 21.3 Å². The standard InChI is InChI=1S/C28H24Cl2N4O2/c1-17-13-19(9-11-25(17)33-27(35)31-23-7-3-5-21(29)15-23)20-10-12-26(18(2)14-20)34-28(36)32-24-8-4-6-22(30)16-24/h3-16H,1-2H3,(H2,31,33,35)(H2,32,34,36). The maximum Gasteiger partial charge on any atom is 0.323 e. The van der Waals surface area contributed by atoms with Crippen LogP contribution in [0.2, 0.25) is 10.0 Å². The summed E-state index contributed by atoms with van der Waals surface area (Å²) in [6.45, 7) is 3.86. The molecular formula is C28H24Cl2N4O2. The van der Waals surface area contributed by atoms with Crippen molar-refractivity contribution in [2.24, 2.45) is 0 Å². The number of aryl methyl sites for hydroxylation is 2. The number of carbonyl (C=O) groups is 2. The van der Waals surface area contributed by atoms with Crippen molar-refractivity contribution >= 4 is 58.0 Å². The van der Waals surface area contributed by atoms with E-state index in [4.69, 9.17) is 23.2 Å². The molecule has 0 aromatic heterocycles. The van der Waals surface area contributed by atoms with E-state index in [0.717, 1.165) is 22.3 Å². The predicted molar refractivity (Wildman–Crippen MR) is 150 cm³/mol. The SMILES string of the molecule is Cc1cc(-c2ccc(NC(=O)Nc3cccc(Cl)c3)c(C)c2)ccc1NC(=O)Nc1cccc(Cl)c1. The van der Waals surface area contributed by atoms with E-state index in [9.17, 15) is 9.59 Å². The van der Waals surface area contributed by atoms with Crippen LogP contribution in [-0.2, 0) is 0 Å². The number of halogens is 2. The Kier molecular flexibility index (Phi) is 7.78. The second-order valence-corrected chi connectivity index (χ2v) is 9.11. The van der Waals surface area contributed by atoms with Crippen LogP contribution in [0, 0.1) is 13.8 Å².